The topological polar surface area (TPSA) is 128 Å². The van der Waals surface area contributed by atoms with Crippen LogP contribution >= 0.6 is 0 Å². The largest absolute Gasteiger partial charge is 1.00 e. The summed E-state index contributed by atoms with van der Waals surface area (Å²) in [6, 6.07) is 20.0. The summed E-state index contributed by atoms with van der Waals surface area (Å²) >= 11 is 0. The van der Waals surface area contributed by atoms with Crippen LogP contribution < -0.4 is 23.5 Å². The number of pyridine rings is 1. The molecule has 3 heterocycles. The smallest absolute Gasteiger partial charge is 0.234 e. The van der Waals surface area contributed by atoms with Gasteiger partial charge < -0.3 is 28.2 Å². The van der Waals surface area contributed by atoms with E-state index in [1.807, 2.05) is 36.4 Å². The number of nitrogens with zero attached hydrogens (tertiary/aromatic N) is 5. The van der Waals surface area contributed by atoms with Crippen molar-refractivity contribution in [3.05, 3.63) is 113 Å². The molecule has 10 nitrogen and oxygen atoms in total. The van der Waals surface area contributed by atoms with Gasteiger partial charge in [-0.25, -0.2) is 9.97 Å². The highest BCUT2D eigenvalue weighted by Gasteiger charge is 2.19. The van der Waals surface area contributed by atoms with Crippen LogP contribution in [0.4, 0.5) is 0 Å². The standard InChI is InChI=1S/C36H43N7O3.ClH/c1-27-4-5-29(21-32(27)23-35-39-13-10-33(41-35)31-3-2-12-38-24-31)22-34(44)30-8-6-28(7-9-30)25-42-15-17-43(18-16-42)26-36(45)40-14-20-46-19-11-37;/h2-10,12-13,21,24H,11,14-20,22-23,25-26,37H2,1H3,(H,40,45);1H. The number of rotatable bonds is 15. The van der Waals surface area contributed by atoms with E-state index in [0.717, 1.165) is 73.0 Å². The minimum absolute atomic E-state index is 0. The van der Waals surface area contributed by atoms with Crippen LogP contribution in [0.2, 0.25) is 0 Å². The average molecular weight is 658 g/mol. The molecule has 0 saturated carbocycles. The highest BCUT2D eigenvalue weighted by molar-refractivity contribution is 5.97. The molecule has 47 heavy (non-hydrogen) atoms. The van der Waals surface area contributed by atoms with Gasteiger partial charge in [0.15, 0.2) is 5.78 Å². The fraction of sp³-hybridized carbons (Fsp3) is 0.361. The summed E-state index contributed by atoms with van der Waals surface area (Å²) in [6.07, 6.45) is 6.25. The molecule has 1 aliphatic rings. The predicted molar refractivity (Wildman–Crippen MR) is 177 cm³/mol. The van der Waals surface area contributed by atoms with E-state index in [0.29, 0.717) is 44.7 Å². The summed E-state index contributed by atoms with van der Waals surface area (Å²) in [5, 5.41) is 2.92. The molecule has 0 radical (unpaired) electrons. The fourth-order valence-electron chi connectivity index (χ4n) is 5.53. The Kier molecular flexibility index (Phi) is 14.0. The number of piperazine rings is 1. The average Bonchev–Trinajstić information content (AvgIpc) is 3.08. The maximum absolute atomic E-state index is 13.2. The summed E-state index contributed by atoms with van der Waals surface area (Å²) < 4.78 is 5.36. The first-order valence-corrected chi connectivity index (χ1v) is 16.0. The molecule has 2 aromatic heterocycles. The van der Waals surface area contributed by atoms with Gasteiger partial charge in [0.25, 0.3) is 0 Å². The van der Waals surface area contributed by atoms with Crippen LogP contribution in [0.1, 0.15) is 38.4 Å². The molecule has 11 heteroatoms. The molecule has 0 aliphatic carbocycles. The fourth-order valence-corrected chi connectivity index (χ4v) is 5.53. The molecule has 1 saturated heterocycles. The molecule has 0 atom stereocenters. The molecule has 4 aromatic rings. The number of carbonyl (C=O) groups is 2. The van der Waals surface area contributed by atoms with Gasteiger partial charge in [0, 0.05) is 81.8 Å². The second-order valence-electron chi connectivity index (χ2n) is 11.7. The monoisotopic (exact) mass is 657 g/mol. The van der Waals surface area contributed by atoms with Gasteiger partial charge in [-0.2, -0.15) is 0 Å². The number of benzene rings is 2. The Labute approximate surface area is 283 Å². The van der Waals surface area contributed by atoms with E-state index in [1.165, 1.54) is 5.56 Å². The number of aryl methyl sites for hydroxylation is 1. The second kappa shape index (κ2) is 18.3. The third kappa shape index (κ3) is 11.0. The third-order valence-electron chi connectivity index (χ3n) is 8.16. The van der Waals surface area contributed by atoms with E-state index in [1.54, 1.807) is 18.6 Å². The molecule has 0 bridgehead atoms. The molecular weight excluding hydrogens is 614 g/mol. The lowest BCUT2D eigenvalue weighted by Crippen LogP contribution is -3.00. The van der Waals surface area contributed by atoms with Crippen molar-refractivity contribution >= 4 is 11.7 Å². The van der Waals surface area contributed by atoms with Crippen molar-refractivity contribution in [3.8, 4) is 11.3 Å². The Bertz CT molecular complexity index is 1580. The van der Waals surface area contributed by atoms with Crippen molar-refractivity contribution in [1.29, 1.82) is 0 Å². The zero-order valence-corrected chi connectivity index (χ0v) is 27.8. The summed E-state index contributed by atoms with van der Waals surface area (Å²) in [7, 11) is 0. The van der Waals surface area contributed by atoms with E-state index in [2.05, 4.69) is 62.0 Å². The number of amides is 1. The first kappa shape index (κ1) is 35.8. The first-order valence-electron chi connectivity index (χ1n) is 16.0. The van der Waals surface area contributed by atoms with Gasteiger partial charge in [-0.05, 0) is 47.4 Å². The van der Waals surface area contributed by atoms with Gasteiger partial charge in [0.05, 0.1) is 32.0 Å². The van der Waals surface area contributed by atoms with Gasteiger partial charge in [-0.1, -0.05) is 42.5 Å². The summed E-state index contributed by atoms with van der Waals surface area (Å²) in [5.74, 6) is 0.865. The number of carbonyl (C=O) groups excluding carboxylic acids is 2. The number of aromatic nitrogens is 3. The molecule has 1 aliphatic heterocycles. The normalized spacial score (nSPS) is 13.6. The summed E-state index contributed by atoms with van der Waals surface area (Å²) in [6.45, 7) is 9.21. The van der Waals surface area contributed by atoms with E-state index in [9.17, 15) is 9.59 Å². The van der Waals surface area contributed by atoms with Crippen molar-refractivity contribution in [3.63, 3.8) is 0 Å². The van der Waals surface area contributed by atoms with E-state index >= 15 is 0 Å². The van der Waals surface area contributed by atoms with Gasteiger partial charge >= 0.3 is 0 Å². The maximum Gasteiger partial charge on any atom is 0.234 e. The highest BCUT2D eigenvalue weighted by Crippen LogP contribution is 2.19. The van der Waals surface area contributed by atoms with Crippen LogP contribution in [-0.2, 0) is 28.9 Å². The van der Waals surface area contributed by atoms with Gasteiger partial charge in [-0.15, -0.1) is 0 Å². The zero-order valence-electron chi connectivity index (χ0n) is 27.0. The lowest BCUT2D eigenvalue weighted by molar-refractivity contribution is -0.374. The molecule has 5 rings (SSSR count). The Hall–Kier alpha value is -4.06. The van der Waals surface area contributed by atoms with Crippen LogP contribution in [0.5, 0.6) is 0 Å². The maximum atomic E-state index is 13.2. The lowest BCUT2D eigenvalue weighted by Gasteiger charge is -2.34. The number of Topliss-reactive ketones (excluding diaryl/α,β-unsaturated/α-hetero) is 1. The molecule has 248 valence electrons. The van der Waals surface area contributed by atoms with Crippen LogP contribution in [0, 0.1) is 6.92 Å². The number of hydrogen-bond acceptors (Lipinski definition) is 8. The predicted octanol–water partition coefficient (Wildman–Crippen LogP) is -0.640. The van der Waals surface area contributed by atoms with Gasteiger partial charge in [0.2, 0.25) is 5.91 Å². The van der Waals surface area contributed by atoms with Crippen LogP contribution in [0.15, 0.2) is 79.3 Å². The molecule has 4 N–H and O–H groups in total. The Morgan fingerprint density at radius 3 is 2.45 bits per heavy atom. The van der Waals surface area contributed by atoms with Gasteiger partial charge in [-0.3, -0.25) is 24.4 Å². The van der Waals surface area contributed by atoms with Crippen molar-refractivity contribution in [2.24, 2.45) is 0 Å². The first-order chi connectivity index (χ1) is 22.5. The Balaban J connectivity index is 0.00000500. The Morgan fingerprint density at radius 2 is 1.70 bits per heavy atom. The van der Waals surface area contributed by atoms with Crippen LogP contribution in [0.3, 0.4) is 0 Å². The molecule has 0 unspecified atom stereocenters. The number of ether oxygens (including phenoxy) is 1. The molecule has 2 aromatic carbocycles. The Morgan fingerprint density at radius 1 is 0.936 bits per heavy atom. The van der Waals surface area contributed by atoms with Crippen molar-refractivity contribution in [1.82, 2.24) is 30.1 Å². The van der Waals surface area contributed by atoms with Crippen molar-refractivity contribution in [2.45, 2.75) is 26.3 Å². The third-order valence-corrected chi connectivity index (χ3v) is 8.16. The molecule has 0 spiro atoms. The molecular formula is C36H44ClN7O3. The number of halogens is 1. The molecule has 1 amide bonds. The van der Waals surface area contributed by atoms with E-state index < -0.39 is 0 Å². The summed E-state index contributed by atoms with van der Waals surface area (Å²) in [4.78, 5) is 43.5. The molecule has 1 fully saturated rings. The van der Waals surface area contributed by atoms with Crippen LogP contribution in [0.25, 0.3) is 11.3 Å². The summed E-state index contributed by atoms with van der Waals surface area (Å²) in [5.41, 5.74) is 10.7. The second-order valence-corrected chi connectivity index (χ2v) is 11.7. The quantitative estimate of drug-likeness (QED) is 0.128. The van der Waals surface area contributed by atoms with Gasteiger partial charge in [0.1, 0.15) is 5.82 Å². The number of hydrogen-bond donors (Lipinski definition) is 2. The van der Waals surface area contributed by atoms with Crippen molar-refractivity contribution < 1.29 is 32.5 Å². The van der Waals surface area contributed by atoms with E-state index in [4.69, 9.17) is 9.72 Å². The highest BCUT2D eigenvalue weighted by atomic mass is 35.5. The lowest BCUT2D eigenvalue weighted by atomic mass is 9.97. The number of ketones is 1. The zero-order chi connectivity index (χ0) is 32.1. The number of quaternary nitrogens is 1. The van der Waals surface area contributed by atoms with Crippen molar-refractivity contribution in [2.75, 3.05) is 59.0 Å². The SMILES string of the molecule is Cc1ccc(CC(=O)c2ccc(CN3CCN(CC(=O)NCCOCC[NH3+])CC3)cc2)cc1Cc1nccc(-c2cccnc2)n1.[Cl-]. The number of nitrogens with one attached hydrogen (secondary N) is 1. The van der Waals surface area contributed by atoms with E-state index in [-0.39, 0.29) is 24.1 Å². The minimum atomic E-state index is 0. The van der Waals surface area contributed by atoms with Crippen LogP contribution in [-0.4, -0.2) is 95.5 Å². The minimum Gasteiger partial charge on any atom is -1.00 e.